The minimum absolute atomic E-state index is 0.309. The van der Waals surface area contributed by atoms with Crippen LogP contribution in [0.25, 0.3) is 0 Å². The van der Waals surface area contributed by atoms with Crippen molar-refractivity contribution < 1.29 is 24.2 Å². The normalized spacial score (nSPS) is 19.8. The third-order valence-electron chi connectivity index (χ3n) is 7.16. The van der Waals surface area contributed by atoms with Crippen molar-refractivity contribution in [3.63, 3.8) is 0 Å². The molecule has 8 nitrogen and oxygen atoms in total. The summed E-state index contributed by atoms with van der Waals surface area (Å²) in [6.07, 6.45) is 0. The molecule has 0 radical (unpaired) electrons. The molecule has 10 heteroatoms. The smallest absolute Gasteiger partial charge is 0.327 e. The number of anilines is 1. The lowest BCUT2D eigenvalue weighted by atomic mass is 9.78. The summed E-state index contributed by atoms with van der Waals surface area (Å²) in [6, 6.07) is 22.2. The van der Waals surface area contributed by atoms with Crippen molar-refractivity contribution >= 4 is 46.4 Å². The molecular weight excluding hydrogens is 562 g/mol. The molecule has 4 atom stereocenters. The number of ether oxygens (including phenoxy) is 1. The molecule has 1 aliphatic heterocycles. The lowest BCUT2D eigenvalue weighted by Gasteiger charge is -2.30. The number of nitriles is 1. The molecule has 2 amide bonds. The highest BCUT2D eigenvalue weighted by Gasteiger charge is 2.58. The first kappa shape index (κ1) is 27.9. The summed E-state index contributed by atoms with van der Waals surface area (Å²) < 4.78 is 5.19. The van der Waals surface area contributed by atoms with Gasteiger partial charge in [0.2, 0.25) is 0 Å². The number of likely N-dealkylation sites (tertiary alicyclic amines) is 1. The molecule has 1 aliphatic rings. The lowest BCUT2D eigenvalue weighted by molar-refractivity contribution is -0.142. The molecule has 0 bridgehead atoms. The van der Waals surface area contributed by atoms with Crippen LogP contribution in [0.3, 0.4) is 0 Å². The highest BCUT2D eigenvalue weighted by Crippen LogP contribution is 2.52. The van der Waals surface area contributed by atoms with Gasteiger partial charge in [0.05, 0.1) is 30.7 Å². The van der Waals surface area contributed by atoms with Gasteiger partial charge < -0.3 is 20.1 Å². The van der Waals surface area contributed by atoms with E-state index in [1.54, 1.807) is 84.9 Å². The number of benzene rings is 3. The first-order valence-corrected chi connectivity index (χ1v) is 13.9. The molecule has 0 aliphatic carbocycles. The van der Waals surface area contributed by atoms with Gasteiger partial charge in [-0.2, -0.15) is 5.26 Å². The predicted octanol–water partition coefficient (Wildman–Crippen LogP) is 6.61. The first-order valence-electron chi connectivity index (χ1n) is 12.6. The summed E-state index contributed by atoms with van der Waals surface area (Å²) >= 11 is 7.56. The number of ketones is 1. The van der Waals surface area contributed by atoms with Gasteiger partial charge in [-0.1, -0.05) is 41.9 Å². The Hall–Kier alpha value is -4.65. The van der Waals surface area contributed by atoms with E-state index >= 15 is 0 Å². The number of thiophene rings is 1. The standard InChI is InChI=1S/C31H24ClN3O5S/c1-40-23-13-11-22(12-14-23)34-31(39)35-27(19-9-7-18(17-33)8-10-19)26(29(36)20-4-2-5-21(32)16-20)25(28(35)30(37)38)24-6-3-15-41-24/h2-16,25-28H,1H3,(H,34,39)(H,37,38). The summed E-state index contributed by atoms with van der Waals surface area (Å²) in [5.41, 5.74) is 1.66. The van der Waals surface area contributed by atoms with Crippen LogP contribution in [0.2, 0.25) is 5.02 Å². The SMILES string of the molecule is COc1ccc(NC(=O)N2C(C(=O)O)C(c3cccs3)C(C(=O)c3cccc(Cl)c3)C2c2ccc(C#N)cc2)cc1. The minimum atomic E-state index is -1.37. The number of halogens is 1. The Kier molecular flexibility index (Phi) is 8.06. The van der Waals surface area contributed by atoms with Crippen molar-refractivity contribution in [3.05, 3.63) is 117 Å². The number of nitrogens with zero attached hydrogens (tertiary/aromatic N) is 2. The van der Waals surface area contributed by atoms with Gasteiger partial charge >= 0.3 is 12.0 Å². The number of hydrogen-bond acceptors (Lipinski definition) is 6. The number of carbonyl (C=O) groups excluding carboxylic acids is 2. The Labute approximate surface area is 245 Å². The van der Waals surface area contributed by atoms with Gasteiger partial charge in [0, 0.05) is 27.1 Å². The molecular formula is C31H24ClN3O5S. The predicted molar refractivity (Wildman–Crippen MR) is 156 cm³/mol. The van der Waals surface area contributed by atoms with E-state index in [0.717, 1.165) is 0 Å². The number of Topliss-reactive ketones (excluding diaryl/α,β-unsaturated/α-hetero) is 1. The number of aliphatic carboxylic acids is 1. The number of hydrogen-bond donors (Lipinski definition) is 2. The van der Waals surface area contributed by atoms with Crippen LogP contribution >= 0.6 is 22.9 Å². The molecule has 4 aromatic rings. The van der Waals surface area contributed by atoms with E-state index in [1.165, 1.54) is 23.3 Å². The van der Waals surface area contributed by atoms with E-state index in [1.807, 2.05) is 5.38 Å². The molecule has 4 unspecified atom stereocenters. The summed E-state index contributed by atoms with van der Waals surface area (Å²) in [5.74, 6) is -2.82. The van der Waals surface area contributed by atoms with Crippen LogP contribution in [-0.2, 0) is 4.79 Å². The van der Waals surface area contributed by atoms with Crippen LogP contribution in [0, 0.1) is 17.2 Å². The second-order valence-electron chi connectivity index (χ2n) is 9.47. The zero-order valence-corrected chi connectivity index (χ0v) is 23.3. The zero-order chi connectivity index (χ0) is 29.1. The Bertz CT molecular complexity index is 1620. The molecule has 0 spiro atoms. The topological polar surface area (TPSA) is 120 Å². The van der Waals surface area contributed by atoms with E-state index < -0.39 is 35.9 Å². The van der Waals surface area contributed by atoms with Crippen molar-refractivity contribution in [1.82, 2.24) is 4.90 Å². The Morgan fingerprint density at radius 1 is 1.02 bits per heavy atom. The Morgan fingerprint density at radius 3 is 2.34 bits per heavy atom. The first-order chi connectivity index (χ1) is 19.8. The van der Waals surface area contributed by atoms with Crippen molar-refractivity contribution in [3.8, 4) is 11.8 Å². The molecule has 1 aromatic heterocycles. The van der Waals surface area contributed by atoms with Crippen molar-refractivity contribution in [2.45, 2.75) is 18.0 Å². The van der Waals surface area contributed by atoms with Crippen LogP contribution < -0.4 is 10.1 Å². The summed E-state index contributed by atoms with van der Waals surface area (Å²) in [6.45, 7) is 0. The monoisotopic (exact) mass is 585 g/mol. The van der Waals surface area contributed by atoms with Crippen LogP contribution in [0.4, 0.5) is 10.5 Å². The van der Waals surface area contributed by atoms with Crippen LogP contribution in [0.1, 0.15) is 38.3 Å². The second-order valence-corrected chi connectivity index (χ2v) is 10.9. The van der Waals surface area contributed by atoms with E-state index in [-0.39, 0.29) is 5.78 Å². The van der Waals surface area contributed by atoms with E-state index in [2.05, 4.69) is 11.4 Å². The molecule has 206 valence electrons. The molecule has 2 N–H and O–H groups in total. The lowest BCUT2D eigenvalue weighted by Crippen LogP contribution is -2.45. The van der Waals surface area contributed by atoms with Gasteiger partial charge in [0.1, 0.15) is 11.8 Å². The molecule has 5 rings (SSSR count). The highest BCUT2D eigenvalue weighted by atomic mass is 35.5. The zero-order valence-electron chi connectivity index (χ0n) is 21.7. The summed E-state index contributed by atoms with van der Waals surface area (Å²) in [7, 11) is 1.53. The number of carboxylic acid groups (broad SMARTS) is 1. The second kappa shape index (κ2) is 11.8. The number of carbonyl (C=O) groups is 3. The largest absolute Gasteiger partial charge is 0.497 e. The average molecular weight is 586 g/mol. The van der Waals surface area contributed by atoms with Crippen LogP contribution in [0.15, 0.2) is 90.3 Å². The van der Waals surface area contributed by atoms with Crippen LogP contribution in [0.5, 0.6) is 5.75 Å². The van der Waals surface area contributed by atoms with Crippen LogP contribution in [-0.4, -0.2) is 40.9 Å². The van der Waals surface area contributed by atoms with Gasteiger partial charge in [-0.3, -0.25) is 4.79 Å². The Morgan fingerprint density at radius 2 is 1.76 bits per heavy atom. The third-order valence-corrected chi connectivity index (χ3v) is 8.37. The number of nitrogens with one attached hydrogen (secondary N) is 1. The average Bonchev–Trinajstić information content (AvgIpc) is 3.64. The number of methoxy groups -OCH3 is 1. The van der Waals surface area contributed by atoms with Crippen molar-refractivity contribution in [1.29, 1.82) is 5.26 Å². The van der Waals surface area contributed by atoms with E-state index in [0.29, 0.717) is 38.0 Å². The van der Waals surface area contributed by atoms with Gasteiger partial charge in [-0.25, -0.2) is 9.59 Å². The number of rotatable bonds is 7. The molecule has 3 aromatic carbocycles. The van der Waals surface area contributed by atoms with Gasteiger partial charge in [0.25, 0.3) is 0 Å². The maximum Gasteiger partial charge on any atom is 0.327 e. The minimum Gasteiger partial charge on any atom is -0.497 e. The fourth-order valence-corrected chi connectivity index (χ4v) is 6.47. The summed E-state index contributed by atoms with van der Waals surface area (Å²) in [5, 5.41) is 24.9. The summed E-state index contributed by atoms with van der Waals surface area (Å²) in [4.78, 5) is 43.2. The number of carboxylic acids is 1. The van der Waals surface area contributed by atoms with E-state index in [4.69, 9.17) is 16.3 Å². The fourth-order valence-electron chi connectivity index (χ4n) is 5.38. The van der Waals surface area contributed by atoms with Gasteiger partial charge in [-0.05, 0) is 65.5 Å². The van der Waals surface area contributed by atoms with Crippen molar-refractivity contribution in [2.24, 2.45) is 5.92 Å². The maximum absolute atomic E-state index is 14.3. The molecule has 41 heavy (non-hydrogen) atoms. The maximum atomic E-state index is 14.3. The van der Waals surface area contributed by atoms with E-state index in [9.17, 15) is 24.8 Å². The molecule has 0 saturated carbocycles. The fraction of sp³-hybridized carbons (Fsp3) is 0.161. The molecule has 2 heterocycles. The highest BCUT2D eigenvalue weighted by molar-refractivity contribution is 7.10. The Balaban J connectivity index is 1.68. The van der Waals surface area contributed by atoms with Gasteiger partial charge in [0.15, 0.2) is 5.78 Å². The quantitative estimate of drug-likeness (QED) is 0.236. The molecule has 1 fully saturated rings. The number of urea groups is 1. The molecule has 1 saturated heterocycles. The van der Waals surface area contributed by atoms with Crippen molar-refractivity contribution in [2.75, 3.05) is 12.4 Å². The van der Waals surface area contributed by atoms with Gasteiger partial charge in [-0.15, -0.1) is 11.3 Å². The third kappa shape index (κ3) is 5.53. The number of amides is 2.